The monoisotopic (exact) mass is 375 g/mol. The zero-order valence-corrected chi connectivity index (χ0v) is 16.7. The summed E-state index contributed by atoms with van der Waals surface area (Å²) >= 11 is 0. The van der Waals surface area contributed by atoms with Gasteiger partial charge in [-0.1, -0.05) is 12.8 Å². The highest BCUT2D eigenvalue weighted by molar-refractivity contribution is 5.99. The fourth-order valence-electron chi connectivity index (χ4n) is 4.20. The molecule has 0 aromatic carbocycles. The average molecular weight is 376 g/mol. The molecule has 150 valence electrons. The van der Waals surface area contributed by atoms with Crippen molar-refractivity contribution in [3.8, 4) is 0 Å². The number of aromatic nitrogens is 1. The van der Waals surface area contributed by atoms with Crippen LogP contribution in [0.15, 0.2) is 12.3 Å². The molecule has 7 nitrogen and oxygen atoms in total. The summed E-state index contributed by atoms with van der Waals surface area (Å²) in [6, 6.07) is 2.84. The molecule has 1 aromatic heterocycles. The van der Waals surface area contributed by atoms with E-state index in [9.17, 15) is 4.79 Å². The largest absolute Gasteiger partial charge is 0.378 e. The zero-order chi connectivity index (χ0) is 19.4. The van der Waals surface area contributed by atoms with Gasteiger partial charge in [-0.3, -0.25) is 4.79 Å². The first-order valence-corrected chi connectivity index (χ1v) is 10.0. The van der Waals surface area contributed by atoms with Crippen molar-refractivity contribution in [3.05, 3.63) is 23.4 Å². The predicted molar refractivity (Wildman–Crippen MR) is 107 cm³/mol. The molecule has 27 heavy (non-hydrogen) atoms. The van der Waals surface area contributed by atoms with E-state index in [1.165, 1.54) is 25.7 Å². The van der Waals surface area contributed by atoms with Crippen LogP contribution in [0, 0.1) is 6.92 Å². The molecular weight excluding hydrogens is 342 g/mol. The Morgan fingerprint density at radius 2 is 2.11 bits per heavy atom. The van der Waals surface area contributed by atoms with Crippen LogP contribution in [-0.2, 0) is 4.74 Å². The zero-order valence-electron chi connectivity index (χ0n) is 16.7. The number of pyridine rings is 1. The number of methoxy groups -OCH3 is 1. The maximum absolute atomic E-state index is 12.6. The average Bonchev–Trinajstić information content (AvgIpc) is 3.14. The molecule has 1 aliphatic carbocycles. The molecule has 1 saturated carbocycles. The summed E-state index contributed by atoms with van der Waals surface area (Å²) in [6.07, 6.45) is 7.61. The van der Waals surface area contributed by atoms with E-state index in [1.807, 2.05) is 19.2 Å². The number of nitrogens with two attached hydrogens (primary N) is 1. The molecule has 7 heteroatoms. The number of carbonyl (C=O) groups excluding carboxylic acids is 1. The normalized spacial score (nSPS) is 24.8. The Kier molecular flexibility index (Phi) is 6.68. The number of ether oxygens (including phenoxy) is 1. The molecule has 3 atom stereocenters. The van der Waals surface area contributed by atoms with Crippen molar-refractivity contribution in [2.75, 3.05) is 25.1 Å². The first-order chi connectivity index (χ1) is 13.0. The number of aryl methyl sites for hydroxylation is 1. The molecule has 0 spiro atoms. The van der Waals surface area contributed by atoms with Crippen LogP contribution in [0.4, 0.5) is 5.82 Å². The van der Waals surface area contributed by atoms with E-state index in [2.05, 4.69) is 20.5 Å². The summed E-state index contributed by atoms with van der Waals surface area (Å²) in [5, 5.41) is 6.57. The predicted octanol–water partition coefficient (Wildman–Crippen LogP) is 1.55. The molecule has 1 aromatic rings. The molecular formula is C20H33N5O2. The highest BCUT2D eigenvalue weighted by Gasteiger charge is 2.33. The Hall–Kier alpha value is -1.70. The van der Waals surface area contributed by atoms with E-state index < -0.39 is 6.17 Å². The van der Waals surface area contributed by atoms with E-state index in [1.54, 1.807) is 14.0 Å². The van der Waals surface area contributed by atoms with Gasteiger partial charge in [0.15, 0.2) is 0 Å². The van der Waals surface area contributed by atoms with Crippen LogP contribution in [0.1, 0.15) is 54.9 Å². The van der Waals surface area contributed by atoms with Crippen LogP contribution < -0.4 is 21.3 Å². The van der Waals surface area contributed by atoms with Gasteiger partial charge in [-0.2, -0.15) is 0 Å². The van der Waals surface area contributed by atoms with Crippen molar-refractivity contribution in [1.82, 2.24) is 15.6 Å². The second kappa shape index (κ2) is 8.99. The quantitative estimate of drug-likeness (QED) is 0.654. The summed E-state index contributed by atoms with van der Waals surface area (Å²) in [6.45, 7) is 5.26. The number of amides is 1. The molecule has 1 aliphatic heterocycles. The lowest BCUT2D eigenvalue weighted by Gasteiger charge is -2.40. The van der Waals surface area contributed by atoms with Gasteiger partial charge >= 0.3 is 0 Å². The molecule has 0 radical (unpaired) electrons. The van der Waals surface area contributed by atoms with Crippen LogP contribution in [0.2, 0.25) is 0 Å². The van der Waals surface area contributed by atoms with Crippen LogP contribution in [0.5, 0.6) is 0 Å². The van der Waals surface area contributed by atoms with Crippen LogP contribution in [-0.4, -0.2) is 55.4 Å². The lowest BCUT2D eigenvalue weighted by atomic mass is 9.99. The number of nitrogens with one attached hydrogen (secondary N) is 2. The van der Waals surface area contributed by atoms with Crippen molar-refractivity contribution in [2.45, 2.75) is 70.3 Å². The molecule has 2 aliphatic rings. The molecule has 4 N–H and O–H groups in total. The van der Waals surface area contributed by atoms with Gasteiger partial charge < -0.3 is 26.0 Å². The minimum Gasteiger partial charge on any atom is -0.378 e. The lowest BCUT2D eigenvalue weighted by Crippen LogP contribution is -2.56. The first-order valence-electron chi connectivity index (χ1n) is 10.0. The Balaban J connectivity index is 1.74. The number of hydrogen-bond acceptors (Lipinski definition) is 6. The maximum Gasteiger partial charge on any atom is 0.256 e. The Labute approximate surface area is 162 Å². The molecule has 1 saturated heterocycles. The second-order valence-corrected chi connectivity index (χ2v) is 7.91. The summed E-state index contributed by atoms with van der Waals surface area (Å²) in [5.41, 5.74) is 7.27. The summed E-state index contributed by atoms with van der Waals surface area (Å²) in [5.74, 6) is 0.525. The van der Waals surface area contributed by atoms with Crippen molar-refractivity contribution in [1.29, 1.82) is 0 Å². The van der Waals surface area contributed by atoms with Crippen molar-refractivity contribution >= 4 is 11.7 Å². The van der Waals surface area contributed by atoms with Crippen molar-refractivity contribution in [3.63, 3.8) is 0 Å². The number of piperidine rings is 1. The van der Waals surface area contributed by atoms with Gasteiger partial charge in [0, 0.05) is 38.5 Å². The highest BCUT2D eigenvalue weighted by Crippen LogP contribution is 2.26. The van der Waals surface area contributed by atoms with Gasteiger partial charge in [0.2, 0.25) is 0 Å². The number of hydrogen-bond donors (Lipinski definition) is 3. The molecule has 0 bridgehead atoms. The minimum atomic E-state index is -0.404. The summed E-state index contributed by atoms with van der Waals surface area (Å²) in [7, 11) is 1.77. The van der Waals surface area contributed by atoms with Gasteiger partial charge in [0.25, 0.3) is 5.91 Å². The number of anilines is 1. The van der Waals surface area contributed by atoms with Crippen LogP contribution in [0.25, 0.3) is 0 Å². The third kappa shape index (κ3) is 4.97. The number of carbonyl (C=O) groups is 1. The fraction of sp³-hybridized carbons (Fsp3) is 0.700. The van der Waals surface area contributed by atoms with Gasteiger partial charge in [-0.05, 0) is 44.7 Å². The molecule has 3 rings (SSSR count). The molecule has 3 unspecified atom stereocenters. The molecule has 1 amide bonds. The molecule has 2 fully saturated rings. The smallest absolute Gasteiger partial charge is 0.256 e. The van der Waals surface area contributed by atoms with Gasteiger partial charge in [0.1, 0.15) is 5.82 Å². The van der Waals surface area contributed by atoms with E-state index in [0.717, 1.165) is 25.1 Å². The van der Waals surface area contributed by atoms with Crippen molar-refractivity contribution < 1.29 is 9.53 Å². The summed E-state index contributed by atoms with van der Waals surface area (Å²) < 4.78 is 5.80. The van der Waals surface area contributed by atoms with Crippen LogP contribution in [0.3, 0.4) is 0 Å². The van der Waals surface area contributed by atoms with Gasteiger partial charge in [0.05, 0.1) is 17.8 Å². The minimum absolute atomic E-state index is 0.0757. The standard InChI is InChI=1S/C20H33N5O2/c1-13-10-16(20(26)23-14(2)21)19(22-11-13)25-9-8-17(18(12-25)27-3)24-15-6-4-5-7-15/h10-11,14-15,17-18,24H,4-9,12,21H2,1-3H3,(H,23,26). The summed E-state index contributed by atoms with van der Waals surface area (Å²) in [4.78, 5) is 19.4. The second-order valence-electron chi connectivity index (χ2n) is 7.91. The van der Waals surface area contributed by atoms with E-state index in [4.69, 9.17) is 10.5 Å². The van der Waals surface area contributed by atoms with E-state index in [-0.39, 0.29) is 12.0 Å². The SMILES string of the molecule is COC1CN(c2ncc(C)cc2C(=O)NC(C)N)CCC1NC1CCCC1. The Bertz CT molecular complexity index is 645. The van der Waals surface area contributed by atoms with Crippen LogP contribution >= 0.6 is 0 Å². The van der Waals surface area contributed by atoms with Gasteiger partial charge in [-0.15, -0.1) is 0 Å². The highest BCUT2D eigenvalue weighted by atomic mass is 16.5. The Morgan fingerprint density at radius 3 is 2.78 bits per heavy atom. The van der Waals surface area contributed by atoms with E-state index in [0.29, 0.717) is 23.5 Å². The first kappa shape index (κ1) is 20.0. The topological polar surface area (TPSA) is 92.5 Å². The Morgan fingerprint density at radius 1 is 1.37 bits per heavy atom. The fourth-order valence-corrected chi connectivity index (χ4v) is 4.20. The number of nitrogens with zero attached hydrogens (tertiary/aromatic N) is 2. The van der Waals surface area contributed by atoms with Gasteiger partial charge in [-0.25, -0.2) is 4.98 Å². The molecule has 2 heterocycles. The maximum atomic E-state index is 12.6. The third-order valence-corrected chi connectivity index (χ3v) is 5.57. The third-order valence-electron chi connectivity index (χ3n) is 5.57. The van der Waals surface area contributed by atoms with Crippen molar-refractivity contribution in [2.24, 2.45) is 5.73 Å². The number of rotatable bonds is 6. The van der Waals surface area contributed by atoms with E-state index >= 15 is 0 Å². The lowest BCUT2D eigenvalue weighted by molar-refractivity contribution is 0.0557.